The summed E-state index contributed by atoms with van der Waals surface area (Å²) in [5.41, 5.74) is 7.22. The lowest BCUT2D eigenvalue weighted by atomic mass is 9.85. The zero-order valence-electron chi connectivity index (χ0n) is 22.5. The maximum absolute atomic E-state index is 13.0. The van der Waals surface area contributed by atoms with Crippen LogP contribution in [0.25, 0.3) is 17.7 Å². The van der Waals surface area contributed by atoms with Gasteiger partial charge in [0.1, 0.15) is 5.60 Å². The maximum atomic E-state index is 13.0. The minimum Gasteiger partial charge on any atom is -0.444 e. The summed E-state index contributed by atoms with van der Waals surface area (Å²) >= 11 is 0. The molecule has 2 amide bonds. The summed E-state index contributed by atoms with van der Waals surface area (Å²) in [7, 11) is 0. The minimum atomic E-state index is -0.551. The first-order chi connectivity index (χ1) is 17.8. The van der Waals surface area contributed by atoms with Crippen LogP contribution < -0.4 is 10.6 Å². The van der Waals surface area contributed by atoms with Crippen LogP contribution in [0.15, 0.2) is 54.1 Å². The molecule has 196 valence electrons. The third-order valence-corrected chi connectivity index (χ3v) is 6.84. The highest BCUT2D eigenvalue weighted by Crippen LogP contribution is 2.38. The second-order valence-electron chi connectivity index (χ2n) is 10.7. The van der Waals surface area contributed by atoms with Gasteiger partial charge in [-0.25, -0.2) is 4.79 Å². The van der Waals surface area contributed by atoms with E-state index in [9.17, 15) is 9.59 Å². The Morgan fingerprint density at radius 3 is 2.03 bits per heavy atom. The first kappa shape index (κ1) is 26.7. The van der Waals surface area contributed by atoms with E-state index in [1.54, 1.807) is 0 Å². The third kappa shape index (κ3) is 6.69. The summed E-state index contributed by atoms with van der Waals surface area (Å²) in [4.78, 5) is 27.3. The molecule has 2 aliphatic rings. The summed E-state index contributed by atoms with van der Waals surface area (Å²) < 4.78 is 5.35. The number of hydrogen-bond acceptors (Lipinski definition) is 4. The SMILES string of the molecule is CCNC(=O)C(CCNC(=O)OC(C)(C)C)N1CCC(=C2c3ccccc3C=Cc3ccccc32)CC1. The Morgan fingerprint density at radius 2 is 1.49 bits per heavy atom. The molecule has 1 heterocycles. The summed E-state index contributed by atoms with van der Waals surface area (Å²) in [5.74, 6) is 0.0129. The number of nitrogens with one attached hydrogen (secondary N) is 2. The molecule has 1 aliphatic carbocycles. The lowest BCUT2D eigenvalue weighted by Crippen LogP contribution is -2.50. The summed E-state index contributed by atoms with van der Waals surface area (Å²) in [5, 5.41) is 5.79. The van der Waals surface area contributed by atoms with E-state index in [4.69, 9.17) is 4.74 Å². The lowest BCUT2D eigenvalue weighted by Gasteiger charge is -2.36. The van der Waals surface area contributed by atoms with Crippen LogP contribution in [-0.2, 0) is 9.53 Å². The Labute approximate surface area is 220 Å². The highest BCUT2D eigenvalue weighted by Gasteiger charge is 2.30. The van der Waals surface area contributed by atoms with E-state index in [2.05, 4.69) is 76.2 Å². The summed E-state index contributed by atoms with van der Waals surface area (Å²) in [6.07, 6.45) is 6.29. The molecule has 1 aliphatic heterocycles. The molecule has 1 saturated heterocycles. The molecule has 37 heavy (non-hydrogen) atoms. The number of benzene rings is 2. The van der Waals surface area contributed by atoms with Gasteiger partial charge in [0.25, 0.3) is 0 Å². The van der Waals surface area contributed by atoms with Gasteiger partial charge in [-0.05, 0) is 74.8 Å². The van der Waals surface area contributed by atoms with E-state index in [0.29, 0.717) is 19.5 Å². The van der Waals surface area contributed by atoms with Crippen molar-refractivity contribution in [3.63, 3.8) is 0 Å². The van der Waals surface area contributed by atoms with Crippen molar-refractivity contribution in [2.75, 3.05) is 26.2 Å². The molecule has 6 heteroatoms. The van der Waals surface area contributed by atoms with Crippen LogP contribution in [0.3, 0.4) is 0 Å². The van der Waals surface area contributed by atoms with Gasteiger partial charge in [0.05, 0.1) is 6.04 Å². The number of likely N-dealkylation sites (N-methyl/N-ethyl adjacent to an activating group) is 1. The van der Waals surface area contributed by atoms with Crippen LogP contribution in [0, 0.1) is 0 Å². The van der Waals surface area contributed by atoms with Gasteiger partial charge in [0, 0.05) is 26.2 Å². The molecule has 6 nitrogen and oxygen atoms in total. The van der Waals surface area contributed by atoms with Crippen molar-refractivity contribution >= 4 is 29.7 Å². The molecule has 0 radical (unpaired) electrons. The standard InChI is InChI=1S/C31H39N3O3/c1-5-32-29(35)27(16-19-33-30(36)37-31(2,3)4)34-20-17-24(18-21-34)28-25-12-8-6-10-22(25)14-15-23-11-7-9-13-26(23)28/h6-15,27H,5,16-21H2,1-4H3,(H,32,35)(H,33,36). The number of hydrogen-bond donors (Lipinski definition) is 2. The predicted molar refractivity (Wildman–Crippen MR) is 150 cm³/mol. The molecule has 0 spiro atoms. The van der Waals surface area contributed by atoms with E-state index in [1.807, 2.05) is 27.7 Å². The Hall–Kier alpha value is -3.38. The van der Waals surface area contributed by atoms with Gasteiger partial charge in [0.2, 0.25) is 5.91 Å². The quantitative estimate of drug-likeness (QED) is 0.469. The lowest BCUT2D eigenvalue weighted by molar-refractivity contribution is -0.126. The summed E-state index contributed by atoms with van der Waals surface area (Å²) in [6, 6.07) is 16.9. The molecule has 1 unspecified atom stereocenters. The fraction of sp³-hybridized carbons (Fsp3) is 0.419. The van der Waals surface area contributed by atoms with E-state index >= 15 is 0 Å². The van der Waals surface area contributed by atoms with Gasteiger partial charge >= 0.3 is 6.09 Å². The second kappa shape index (κ2) is 11.8. The zero-order valence-corrected chi connectivity index (χ0v) is 22.5. The smallest absolute Gasteiger partial charge is 0.407 e. The van der Waals surface area contributed by atoms with E-state index < -0.39 is 11.7 Å². The molecule has 0 bridgehead atoms. The van der Waals surface area contributed by atoms with Crippen molar-refractivity contribution < 1.29 is 14.3 Å². The van der Waals surface area contributed by atoms with Crippen LogP contribution in [0.1, 0.15) is 69.2 Å². The number of likely N-dealkylation sites (tertiary alicyclic amines) is 1. The molecule has 2 N–H and O–H groups in total. The van der Waals surface area contributed by atoms with Gasteiger partial charge < -0.3 is 15.4 Å². The molecule has 2 aromatic rings. The average Bonchev–Trinajstić information content (AvgIpc) is 3.03. The average molecular weight is 502 g/mol. The highest BCUT2D eigenvalue weighted by atomic mass is 16.6. The molecule has 2 aromatic carbocycles. The highest BCUT2D eigenvalue weighted by molar-refractivity contribution is 5.95. The number of amides is 2. The normalized spacial score (nSPS) is 16.3. The van der Waals surface area contributed by atoms with Crippen molar-refractivity contribution in [3.05, 3.63) is 76.4 Å². The fourth-order valence-corrected chi connectivity index (χ4v) is 5.20. The van der Waals surface area contributed by atoms with E-state index in [1.165, 1.54) is 33.4 Å². The van der Waals surface area contributed by atoms with Crippen molar-refractivity contribution in [2.24, 2.45) is 0 Å². The Balaban J connectivity index is 1.52. The van der Waals surface area contributed by atoms with Crippen LogP contribution in [-0.4, -0.2) is 54.7 Å². The molecular formula is C31H39N3O3. The largest absolute Gasteiger partial charge is 0.444 e. The number of ether oxygens (including phenoxy) is 1. The number of carbonyl (C=O) groups excluding carboxylic acids is 2. The van der Waals surface area contributed by atoms with Gasteiger partial charge in [-0.15, -0.1) is 0 Å². The Bertz CT molecular complexity index is 1130. The van der Waals surface area contributed by atoms with Crippen LogP contribution in [0.5, 0.6) is 0 Å². The molecule has 0 saturated carbocycles. The van der Waals surface area contributed by atoms with Crippen LogP contribution in [0.4, 0.5) is 4.79 Å². The van der Waals surface area contributed by atoms with Crippen molar-refractivity contribution in [1.29, 1.82) is 0 Å². The molecule has 0 aromatic heterocycles. The number of rotatable bonds is 6. The van der Waals surface area contributed by atoms with Crippen molar-refractivity contribution in [1.82, 2.24) is 15.5 Å². The Morgan fingerprint density at radius 1 is 0.919 bits per heavy atom. The number of carbonyl (C=O) groups is 2. The number of alkyl carbamates (subject to hydrolysis) is 1. The number of piperidine rings is 1. The summed E-state index contributed by atoms with van der Waals surface area (Å²) in [6.45, 7) is 10.0. The molecular weight excluding hydrogens is 462 g/mol. The first-order valence-corrected chi connectivity index (χ1v) is 13.3. The zero-order chi connectivity index (χ0) is 26.4. The van der Waals surface area contributed by atoms with Gasteiger partial charge in [-0.2, -0.15) is 0 Å². The van der Waals surface area contributed by atoms with E-state index in [-0.39, 0.29) is 11.9 Å². The predicted octanol–water partition coefficient (Wildman–Crippen LogP) is 5.49. The van der Waals surface area contributed by atoms with Gasteiger partial charge in [0.15, 0.2) is 0 Å². The molecule has 4 rings (SSSR count). The van der Waals surface area contributed by atoms with Crippen molar-refractivity contribution in [2.45, 2.75) is 58.6 Å². The van der Waals surface area contributed by atoms with Gasteiger partial charge in [-0.3, -0.25) is 9.69 Å². The number of nitrogens with zero attached hydrogens (tertiary/aromatic N) is 1. The topological polar surface area (TPSA) is 70.7 Å². The fourth-order valence-electron chi connectivity index (χ4n) is 5.20. The van der Waals surface area contributed by atoms with Crippen molar-refractivity contribution in [3.8, 4) is 0 Å². The molecule has 1 fully saturated rings. The van der Waals surface area contributed by atoms with E-state index in [0.717, 1.165) is 25.9 Å². The third-order valence-electron chi connectivity index (χ3n) is 6.84. The van der Waals surface area contributed by atoms with Gasteiger partial charge in [-0.1, -0.05) is 66.3 Å². The first-order valence-electron chi connectivity index (χ1n) is 13.3. The minimum absolute atomic E-state index is 0.0129. The Kier molecular flexibility index (Phi) is 8.49. The van der Waals surface area contributed by atoms with Crippen LogP contribution in [0.2, 0.25) is 0 Å². The molecule has 1 atom stereocenters. The number of fused-ring (bicyclic) bond motifs is 2. The van der Waals surface area contributed by atoms with Crippen LogP contribution >= 0.6 is 0 Å². The maximum Gasteiger partial charge on any atom is 0.407 e. The monoisotopic (exact) mass is 501 g/mol. The second-order valence-corrected chi connectivity index (χ2v) is 10.7.